The highest BCUT2D eigenvalue weighted by Gasteiger charge is 2.08. The van der Waals surface area contributed by atoms with E-state index in [1.165, 1.54) is 11.1 Å². The fourth-order valence-electron chi connectivity index (χ4n) is 2.68. The van der Waals surface area contributed by atoms with Crippen molar-refractivity contribution in [2.45, 2.75) is 19.3 Å². The lowest BCUT2D eigenvalue weighted by molar-refractivity contribution is -0.116. The second kappa shape index (κ2) is 7.45. The number of para-hydroxylation sites is 1. The van der Waals surface area contributed by atoms with Crippen molar-refractivity contribution in [1.82, 2.24) is 15.2 Å². The molecule has 0 aliphatic heterocycles. The van der Waals surface area contributed by atoms with Gasteiger partial charge in [-0.2, -0.15) is 0 Å². The Morgan fingerprint density at radius 3 is 2.92 bits per heavy atom. The Hall–Kier alpha value is -3.06. The van der Waals surface area contributed by atoms with E-state index in [9.17, 15) is 4.79 Å². The molecule has 4 rings (SSSR count). The number of benzene rings is 2. The summed E-state index contributed by atoms with van der Waals surface area (Å²) in [5.41, 5.74) is 2.51. The van der Waals surface area contributed by atoms with Gasteiger partial charge < -0.3 is 9.73 Å². The molecule has 6 nitrogen and oxygen atoms in total. The molecule has 1 amide bonds. The topological polar surface area (TPSA) is 80.9 Å². The van der Waals surface area contributed by atoms with E-state index < -0.39 is 0 Å². The summed E-state index contributed by atoms with van der Waals surface area (Å²) in [6.45, 7) is 0. The van der Waals surface area contributed by atoms with Crippen molar-refractivity contribution < 1.29 is 9.21 Å². The van der Waals surface area contributed by atoms with Crippen LogP contribution < -0.4 is 5.32 Å². The largest absolute Gasteiger partial charge is 0.423 e. The summed E-state index contributed by atoms with van der Waals surface area (Å²) in [7, 11) is 0. The van der Waals surface area contributed by atoms with Crippen molar-refractivity contribution in [2.75, 3.05) is 5.32 Å². The van der Waals surface area contributed by atoms with Gasteiger partial charge in [0.05, 0.1) is 15.2 Å². The first-order chi connectivity index (χ1) is 12.8. The lowest BCUT2D eigenvalue weighted by atomic mass is 10.2. The fraction of sp³-hybridized carbons (Fsp3) is 0.158. The third-order valence-electron chi connectivity index (χ3n) is 3.89. The van der Waals surface area contributed by atoms with Crippen LogP contribution in [0.15, 0.2) is 59.3 Å². The van der Waals surface area contributed by atoms with E-state index in [-0.39, 0.29) is 5.91 Å². The Balaban J connectivity index is 1.32. The van der Waals surface area contributed by atoms with E-state index >= 15 is 0 Å². The average molecular weight is 364 g/mol. The van der Waals surface area contributed by atoms with E-state index in [4.69, 9.17) is 4.42 Å². The normalized spacial score (nSPS) is 10.9. The molecule has 1 N–H and O–H groups in total. The molecule has 26 heavy (non-hydrogen) atoms. The number of thiazole rings is 1. The van der Waals surface area contributed by atoms with E-state index in [1.807, 2.05) is 42.5 Å². The summed E-state index contributed by atoms with van der Waals surface area (Å²) in [5.74, 6) is 0.408. The fourth-order valence-corrected chi connectivity index (χ4v) is 3.69. The number of fused-ring (bicyclic) bond motifs is 1. The van der Waals surface area contributed by atoms with Gasteiger partial charge in [-0.05, 0) is 43.2 Å². The molecule has 0 saturated carbocycles. The highest BCUT2D eigenvalue weighted by molar-refractivity contribution is 7.18. The first kappa shape index (κ1) is 16.4. The number of nitrogens with zero attached hydrogens (tertiary/aromatic N) is 3. The van der Waals surface area contributed by atoms with Crippen molar-refractivity contribution >= 4 is 33.1 Å². The smallest absolute Gasteiger partial charge is 0.247 e. The third-order valence-corrected chi connectivity index (χ3v) is 4.98. The summed E-state index contributed by atoms with van der Waals surface area (Å²) in [4.78, 5) is 16.8. The maximum absolute atomic E-state index is 12.2. The summed E-state index contributed by atoms with van der Waals surface area (Å²) in [6, 6.07) is 15.4. The molecule has 0 spiro atoms. The summed E-state index contributed by atoms with van der Waals surface area (Å²) < 4.78 is 6.36. The van der Waals surface area contributed by atoms with Gasteiger partial charge in [0.25, 0.3) is 0 Å². The number of rotatable bonds is 6. The molecule has 0 aliphatic rings. The minimum Gasteiger partial charge on any atom is -0.423 e. The van der Waals surface area contributed by atoms with Gasteiger partial charge in [0.15, 0.2) is 0 Å². The highest BCUT2D eigenvalue weighted by Crippen LogP contribution is 2.23. The quantitative estimate of drug-likeness (QED) is 0.551. The van der Waals surface area contributed by atoms with Crippen LogP contribution in [0.1, 0.15) is 17.8 Å². The molecule has 0 bridgehead atoms. The SMILES string of the molecule is O=C(CCCc1nc2ccccc2s1)Nc1cccc(-c2nnco2)c1. The molecule has 0 atom stereocenters. The van der Waals surface area contributed by atoms with Gasteiger partial charge in [-0.25, -0.2) is 4.98 Å². The van der Waals surface area contributed by atoms with Crippen molar-refractivity contribution in [2.24, 2.45) is 0 Å². The standard InChI is InChI=1S/C19H16N4O2S/c24-17(9-4-10-18-22-15-7-1-2-8-16(15)26-18)21-14-6-3-5-13(11-14)19-23-20-12-25-19/h1-3,5-8,11-12H,4,9-10H2,(H,21,24). The number of hydrogen-bond donors (Lipinski definition) is 1. The van der Waals surface area contributed by atoms with E-state index in [2.05, 4.69) is 26.6 Å². The minimum atomic E-state index is -0.0196. The Morgan fingerprint density at radius 2 is 2.08 bits per heavy atom. The van der Waals surface area contributed by atoms with Crippen LogP contribution in [0.3, 0.4) is 0 Å². The van der Waals surface area contributed by atoms with Crippen LogP contribution in [-0.4, -0.2) is 21.1 Å². The lowest BCUT2D eigenvalue weighted by Gasteiger charge is -2.05. The zero-order valence-electron chi connectivity index (χ0n) is 13.9. The molecule has 0 fully saturated rings. The number of aromatic nitrogens is 3. The number of hydrogen-bond acceptors (Lipinski definition) is 6. The predicted octanol–water partition coefficient (Wildman–Crippen LogP) is 4.31. The highest BCUT2D eigenvalue weighted by atomic mass is 32.1. The first-order valence-electron chi connectivity index (χ1n) is 8.29. The van der Waals surface area contributed by atoms with Crippen LogP contribution in [0.5, 0.6) is 0 Å². The Bertz CT molecular complexity index is 994. The molecule has 0 saturated heterocycles. The van der Waals surface area contributed by atoms with Gasteiger partial charge in [0, 0.05) is 17.7 Å². The van der Waals surface area contributed by atoms with E-state index in [0.29, 0.717) is 18.0 Å². The molecule has 4 aromatic rings. The Kier molecular flexibility index (Phi) is 4.70. The van der Waals surface area contributed by atoms with Crippen LogP contribution in [0.2, 0.25) is 0 Å². The molecular formula is C19H16N4O2S. The van der Waals surface area contributed by atoms with Crippen LogP contribution >= 0.6 is 11.3 Å². The number of carbonyl (C=O) groups excluding carboxylic acids is 1. The molecule has 2 heterocycles. The van der Waals surface area contributed by atoms with Crippen LogP contribution in [0.25, 0.3) is 21.7 Å². The van der Waals surface area contributed by atoms with E-state index in [0.717, 1.165) is 28.9 Å². The number of carbonyl (C=O) groups is 1. The molecule has 0 aliphatic carbocycles. The van der Waals surface area contributed by atoms with Gasteiger partial charge in [-0.15, -0.1) is 21.5 Å². The Labute approximate surface area is 153 Å². The third kappa shape index (κ3) is 3.78. The lowest BCUT2D eigenvalue weighted by Crippen LogP contribution is -2.11. The van der Waals surface area contributed by atoms with Gasteiger partial charge in [0.1, 0.15) is 0 Å². The van der Waals surface area contributed by atoms with E-state index in [1.54, 1.807) is 11.3 Å². The van der Waals surface area contributed by atoms with Crippen LogP contribution in [-0.2, 0) is 11.2 Å². The summed E-state index contributed by atoms with van der Waals surface area (Å²) in [6.07, 6.45) is 3.28. The molecule has 2 aromatic carbocycles. The van der Waals surface area contributed by atoms with Gasteiger partial charge in [-0.3, -0.25) is 4.79 Å². The minimum absolute atomic E-state index is 0.0196. The predicted molar refractivity (Wildman–Crippen MR) is 101 cm³/mol. The van der Waals surface area contributed by atoms with Crippen molar-refractivity contribution in [1.29, 1.82) is 0 Å². The van der Waals surface area contributed by atoms with Crippen molar-refractivity contribution in [3.05, 3.63) is 59.9 Å². The van der Waals surface area contributed by atoms with Gasteiger partial charge in [0.2, 0.25) is 18.2 Å². The monoisotopic (exact) mass is 364 g/mol. The number of nitrogens with one attached hydrogen (secondary N) is 1. The van der Waals surface area contributed by atoms with Gasteiger partial charge in [-0.1, -0.05) is 18.2 Å². The maximum atomic E-state index is 12.2. The zero-order valence-corrected chi connectivity index (χ0v) is 14.7. The second-order valence-electron chi connectivity index (χ2n) is 5.80. The van der Waals surface area contributed by atoms with Crippen LogP contribution in [0, 0.1) is 0 Å². The molecule has 0 unspecified atom stereocenters. The molecule has 7 heteroatoms. The Morgan fingerprint density at radius 1 is 1.15 bits per heavy atom. The number of amides is 1. The van der Waals surface area contributed by atoms with Crippen molar-refractivity contribution in [3.63, 3.8) is 0 Å². The summed E-state index contributed by atoms with van der Waals surface area (Å²) >= 11 is 1.69. The molecule has 130 valence electrons. The van der Waals surface area contributed by atoms with Crippen molar-refractivity contribution in [3.8, 4) is 11.5 Å². The maximum Gasteiger partial charge on any atom is 0.247 e. The number of aryl methyl sites for hydroxylation is 1. The molecule has 0 radical (unpaired) electrons. The van der Waals surface area contributed by atoms with Crippen LogP contribution in [0.4, 0.5) is 5.69 Å². The zero-order chi connectivity index (χ0) is 17.8. The average Bonchev–Trinajstić information content (AvgIpc) is 3.31. The first-order valence-corrected chi connectivity index (χ1v) is 9.10. The second-order valence-corrected chi connectivity index (χ2v) is 6.92. The molecule has 2 aromatic heterocycles. The number of anilines is 1. The summed E-state index contributed by atoms with van der Waals surface area (Å²) in [5, 5.41) is 11.5. The van der Waals surface area contributed by atoms with Gasteiger partial charge >= 0.3 is 0 Å². The molecular weight excluding hydrogens is 348 g/mol.